The summed E-state index contributed by atoms with van der Waals surface area (Å²) in [6.45, 7) is 10.1. The number of hydrogen-bond donors (Lipinski definition) is 1. The lowest BCUT2D eigenvalue weighted by Gasteiger charge is -2.23. The molecule has 30 heavy (non-hydrogen) atoms. The van der Waals surface area contributed by atoms with Gasteiger partial charge in [0.2, 0.25) is 0 Å². The molecule has 0 saturated carbocycles. The van der Waals surface area contributed by atoms with Crippen molar-refractivity contribution in [2.45, 2.75) is 52.7 Å². The Labute approximate surface area is 179 Å². The average molecular weight is 406 g/mol. The number of amides is 1. The number of rotatable bonds is 7. The van der Waals surface area contributed by atoms with Crippen molar-refractivity contribution >= 4 is 16.7 Å². The van der Waals surface area contributed by atoms with Gasteiger partial charge in [-0.1, -0.05) is 44.2 Å². The van der Waals surface area contributed by atoms with Crippen LogP contribution >= 0.6 is 0 Å². The monoisotopic (exact) mass is 405 g/mol. The van der Waals surface area contributed by atoms with Crippen molar-refractivity contribution in [2.75, 3.05) is 7.11 Å². The topological polar surface area (TPSA) is 47.6 Å². The van der Waals surface area contributed by atoms with E-state index < -0.39 is 6.10 Å². The molecule has 3 rings (SSSR count). The number of hydrogen-bond acceptors (Lipinski definition) is 3. The summed E-state index contributed by atoms with van der Waals surface area (Å²) in [5.74, 6) is 1.76. The van der Waals surface area contributed by atoms with E-state index in [-0.39, 0.29) is 11.9 Å². The lowest BCUT2D eigenvalue weighted by Crippen LogP contribution is -2.38. The minimum absolute atomic E-state index is 0.136. The Balaban J connectivity index is 1.72. The molecule has 3 aromatic rings. The summed E-state index contributed by atoms with van der Waals surface area (Å²) in [6.07, 6.45) is -0.600. The van der Waals surface area contributed by atoms with Crippen molar-refractivity contribution in [1.82, 2.24) is 5.32 Å². The highest BCUT2D eigenvalue weighted by molar-refractivity contribution is 5.84. The molecule has 1 N–H and O–H groups in total. The third-order valence-electron chi connectivity index (χ3n) is 5.47. The predicted molar refractivity (Wildman–Crippen MR) is 122 cm³/mol. The second-order valence-electron chi connectivity index (χ2n) is 8.10. The number of carbonyl (C=O) groups excluding carboxylic acids is 1. The van der Waals surface area contributed by atoms with Crippen molar-refractivity contribution in [3.8, 4) is 11.5 Å². The third-order valence-corrected chi connectivity index (χ3v) is 5.47. The molecule has 0 bridgehead atoms. The first-order valence-corrected chi connectivity index (χ1v) is 10.4. The second kappa shape index (κ2) is 9.21. The highest BCUT2D eigenvalue weighted by Gasteiger charge is 2.20. The standard InChI is InChI=1S/C26H31NO3/c1-16(2)23-15-24(17(3)13-25(23)29-6)18(4)27-26(28)19(5)30-22-12-11-20-9-7-8-10-21(20)14-22/h7-16,18-19H,1-6H3,(H,27,28)/t18-,19-/m0/s1. The number of fused-ring (bicyclic) bond motifs is 1. The van der Waals surface area contributed by atoms with E-state index in [9.17, 15) is 4.79 Å². The van der Waals surface area contributed by atoms with Gasteiger partial charge in [-0.2, -0.15) is 0 Å². The number of carbonyl (C=O) groups is 1. The van der Waals surface area contributed by atoms with Gasteiger partial charge in [0.05, 0.1) is 13.2 Å². The van der Waals surface area contributed by atoms with Gasteiger partial charge in [0.1, 0.15) is 11.5 Å². The fourth-order valence-electron chi connectivity index (χ4n) is 3.72. The maximum atomic E-state index is 12.8. The van der Waals surface area contributed by atoms with Gasteiger partial charge in [-0.15, -0.1) is 0 Å². The fraction of sp³-hybridized carbons (Fsp3) is 0.346. The van der Waals surface area contributed by atoms with E-state index in [1.165, 1.54) is 0 Å². The largest absolute Gasteiger partial charge is 0.496 e. The molecular formula is C26H31NO3. The van der Waals surface area contributed by atoms with Gasteiger partial charge in [-0.05, 0) is 78.4 Å². The summed E-state index contributed by atoms with van der Waals surface area (Å²) in [5, 5.41) is 5.33. The first-order chi connectivity index (χ1) is 14.3. The van der Waals surface area contributed by atoms with Crippen LogP contribution in [0.25, 0.3) is 10.8 Å². The van der Waals surface area contributed by atoms with Gasteiger partial charge in [0, 0.05) is 0 Å². The van der Waals surface area contributed by atoms with E-state index in [4.69, 9.17) is 9.47 Å². The highest BCUT2D eigenvalue weighted by Crippen LogP contribution is 2.32. The Kier molecular flexibility index (Phi) is 6.66. The van der Waals surface area contributed by atoms with Crippen LogP contribution < -0.4 is 14.8 Å². The molecule has 0 heterocycles. The molecule has 3 aromatic carbocycles. The molecule has 4 heteroatoms. The van der Waals surface area contributed by atoms with Crippen LogP contribution in [0.3, 0.4) is 0 Å². The number of methoxy groups -OCH3 is 1. The quantitative estimate of drug-likeness (QED) is 0.530. The minimum atomic E-state index is -0.600. The van der Waals surface area contributed by atoms with Gasteiger partial charge in [0.25, 0.3) is 5.91 Å². The van der Waals surface area contributed by atoms with Gasteiger partial charge in [-0.3, -0.25) is 4.79 Å². The molecule has 2 atom stereocenters. The molecular weight excluding hydrogens is 374 g/mol. The first kappa shape index (κ1) is 21.7. The smallest absolute Gasteiger partial charge is 0.261 e. The lowest BCUT2D eigenvalue weighted by molar-refractivity contribution is -0.127. The van der Waals surface area contributed by atoms with E-state index in [1.807, 2.05) is 56.3 Å². The van der Waals surface area contributed by atoms with Crippen molar-refractivity contribution in [1.29, 1.82) is 0 Å². The lowest BCUT2D eigenvalue weighted by atomic mass is 9.93. The molecule has 0 spiro atoms. The zero-order valence-corrected chi connectivity index (χ0v) is 18.7. The van der Waals surface area contributed by atoms with Crippen molar-refractivity contribution in [3.05, 3.63) is 71.3 Å². The highest BCUT2D eigenvalue weighted by atomic mass is 16.5. The summed E-state index contributed by atoms with van der Waals surface area (Å²) in [7, 11) is 1.69. The zero-order valence-electron chi connectivity index (χ0n) is 18.7. The van der Waals surface area contributed by atoms with Gasteiger partial charge in [0.15, 0.2) is 6.10 Å². The Morgan fingerprint density at radius 3 is 2.27 bits per heavy atom. The van der Waals surface area contributed by atoms with Crippen LogP contribution in [0.15, 0.2) is 54.6 Å². The fourth-order valence-corrected chi connectivity index (χ4v) is 3.72. The SMILES string of the molecule is COc1cc(C)c([C@H](C)NC(=O)[C@H](C)Oc2ccc3ccccc3c2)cc1C(C)C. The Bertz CT molecular complexity index is 1040. The first-order valence-electron chi connectivity index (χ1n) is 10.4. The van der Waals surface area contributed by atoms with Crippen LogP contribution in [0.2, 0.25) is 0 Å². The molecule has 0 saturated heterocycles. The maximum Gasteiger partial charge on any atom is 0.261 e. The third kappa shape index (κ3) is 4.76. The van der Waals surface area contributed by atoms with Crippen LogP contribution in [0.4, 0.5) is 0 Å². The summed E-state index contributed by atoms with van der Waals surface area (Å²) in [6, 6.07) is 18.0. The summed E-state index contributed by atoms with van der Waals surface area (Å²) < 4.78 is 11.4. The summed E-state index contributed by atoms with van der Waals surface area (Å²) >= 11 is 0. The Morgan fingerprint density at radius 2 is 1.60 bits per heavy atom. The van der Waals surface area contributed by atoms with Crippen molar-refractivity contribution in [2.24, 2.45) is 0 Å². The number of ether oxygens (including phenoxy) is 2. The minimum Gasteiger partial charge on any atom is -0.496 e. The van der Waals surface area contributed by atoms with E-state index in [0.29, 0.717) is 11.7 Å². The van der Waals surface area contributed by atoms with Crippen molar-refractivity contribution < 1.29 is 14.3 Å². The van der Waals surface area contributed by atoms with Gasteiger partial charge >= 0.3 is 0 Å². The molecule has 0 aromatic heterocycles. The normalized spacial score (nSPS) is 13.2. The van der Waals surface area contributed by atoms with E-state index >= 15 is 0 Å². The van der Waals surface area contributed by atoms with Crippen molar-refractivity contribution in [3.63, 3.8) is 0 Å². The van der Waals surface area contributed by atoms with Crippen LogP contribution in [0.1, 0.15) is 56.3 Å². The maximum absolute atomic E-state index is 12.8. The molecule has 4 nitrogen and oxygen atoms in total. The van der Waals surface area contributed by atoms with Crippen LogP contribution in [0.5, 0.6) is 11.5 Å². The van der Waals surface area contributed by atoms with Gasteiger partial charge in [-0.25, -0.2) is 0 Å². The molecule has 0 fully saturated rings. The molecule has 0 aliphatic heterocycles. The molecule has 158 valence electrons. The predicted octanol–water partition coefficient (Wildman–Crippen LogP) is 5.92. The average Bonchev–Trinajstić information content (AvgIpc) is 2.72. The van der Waals surface area contributed by atoms with Crippen LogP contribution in [-0.2, 0) is 4.79 Å². The molecule has 1 amide bonds. The Morgan fingerprint density at radius 1 is 0.900 bits per heavy atom. The number of benzene rings is 3. The summed E-state index contributed by atoms with van der Waals surface area (Å²) in [5.41, 5.74) is 3.32. The molecule has 0 radical (unpaired) electrons. The Hall–Kier alpha value is -3.01. The van der Waals surface area contributed by atoms with Crippen LogP contribution in [-0.4, -0.2) is 19.1 Å². The number of aryl methyl sites for hydroxylation is 1. The van der Waals surface area contributed by atoms with E-state index in [0.717, 1.165) is 33.2 Å². The molecule has 0 aliphatic rings. The summed E-state index contributed by atoms with van der Waals surface area (Å²) in [4.78, 5) is 12.8. The van der Waals surface area contributed by atoms with Gasteiger partial charge < -0.3 is 14.8 Å². The number of nitrogens with one attached hydrogen (secondary N) is 1. The second-order valence-corrected chi connectivity index (χ2v) is 8.10. The van der Waals surface area contributed by atoms with E-state index in [1.54, 1.807) is 14.0 Å². The zero-order chi connectivity index (χ0) is 21.8. The van der Waals surface area contributed by atoms with E-state index in [2.05, 4.69) is 31.3 Å². The molecule has 0 aliphatic carbocycles. The van der Waals surface area contributed by atoms with Crippen LogP contribution in [0, 0.1) is 6.92 Å². The molecule has 0 unspecified atom stereocenters.